The molecule has 0 saturated carbocycles. The summed E-state index contributed by atoms with van der Waals surface area (Å²) in [4.78, 5) is 4.60. The van der Waals surface area contributed by atoms with E-state index in [0.29, 0.717) is 0 Å². The van der Waals surface area contributed by atoms with Gasteiger partial charge in [0.25, 0.3) is 0 Å². The molecule has 0 radical (unpaired) electrons. The van der Waals surface area contributed by atoms with Crippen molar-refractivity contribution in [3.63, 3.8) is 0 Å². The summed E-state index contributed by atoms with van der Waals surface area (Å²) in [7, 11) is 4.30. The first kappa shape index (κ1) is 24.6. The Hall–Kier alpha value is -5.22. The highest BCUT2D eigenvalue weighted by Gasteiger charge is 2.27. The van der Waals surface area contributed by atoms with Gasteiger partial charge in [-0.1, -0.05) is 97.1 Å². The van der Waals surface area contributed by atoms with Crippen molar-refractivity contribution in [3.8, 4) is 22.3 Å². The number of rotatable bonds is 4. The lowest BCUT2D eigenvalue weighted by atomic mass is 9.96. The molecule has 2 unspecified atom stereocenters. The summed E-state index contributed by atoms with van der Waals surface area (Å²) in [6.07, 6.45) is 0.282. The van der Waals surface area contributed by atoms with E-state index in [9.17, 15) is 0 Å². The van der Waals surface area contributed by atoms with Crippen LogP contribution in [0.5, 0.6) is 0 Å². The average Bonchev–Trinajstić information content (AvgIpc) is 3.57. The Morgan fingerprint density at radius 3 is 1.26 bits per heavy atom. The molecule has 4 nitrogen and oxygen atoms in total. The molecule has 42 heavy (non-hydrogen) atoms. The van der Waals surface area contributed by atoms with Gasteiger partial charge in [-0.05, 0) is 80.6 Å². The lowest BCUT2D eigenvalue weighted by molar-refractivity contribution is 0.792. The number of hydrogen-bond acceptors (Lipinski definition) is 4. The zero-order valence-corrected chi connectivity index (χ0v) is 23.8. The van der Waals surface area contributed by atoms with E-state index in [-0.39, 0.29) is 12.3 Å². The molecule has 0 saturated heterocycles. The fourth-order valence-electron chi connectivity index (χ4n) is 6.51. The second-order valence-electron chi connectivity index (χ2n) is 11.4. The zero-order valence-electron chi connectivity index (χ0n) is 23.8. The van der Waals surface area contributed by atoms with Crippen LogP contribution in [0.4, 0.5) is 22.7 Å². The summed E-state index contributed by atoms with van der Waals surface area (Å²) < 4.78 is 0. The van der Waals surface area contributed by atoms with E-state index in [2.05, 4.69) is 168 Å². The Kier molecular flexibility index (Phi) is 5.68. The largest absolute Gasteiger partial charge is 0.360 e. The summed E-state index contributed by atoms with van der Waals surface area (Å²) in [6, 6.07) is 48.4. The number of nitrogens with one attached hydrogen (secondary N) is 2. The average molecular weight is 545 g/mol. The van der Waals surface area contributed by atoms with Gasteiger partial charge in [-0.25, -0.2) is 0 Å². The molecule has 0 aliphatic carbocycles. The van der Waals surface area contributed by atoms with E-state index < -0.39 is 0 Å². The van der Waals surface area contributed by atoms with Gasteiger partial charge in [-0.15, -0.1) is 0 Å². The van der Waals surface area contributed by atoms with E-state index in [1.165, 1.54) is 66.9 Å². The molecule has 0 bridgehead atoms. The molecule has 4 heteroatoms. The maximum Gasteiger partial charge on any atom is 0.125 e. The lowest BCUT2D eigenvalue weighted by Crippen LogP contribution is -2.23. The zero-order chi connectivity index (χ0) is 28.2. The molecular weight excluding hydrogens is 512 g/mol. The van der Waals surface area contributed by atoms with Gasteiger partial charge in [0.1, 0.15) is 12.3 Å². The fraction of sp³-hybridized carbons (Fsp3) is 0.105. The Balaban J connectivity index is 1.03. The summed E-state index contributed by atoms with van der Waals surface area (Å²) in [5.74, 6) is 0. The van der Waals surface area contributed by atoms with Crippen LogP contribution in [0.3, 0.4) is 0 Å². The summed E-state index contributed by atoms with van der Waals surface area (Å²) in [5, 5.41) is 9.80. The molecular formula is C38H32N4. The van der Waals surface area contributed by atoms with Crippen molar-refractivity contribution in [1.29, 1.82) is 0 Å². The first-order valence-corrected chi connectivity index (χ1v) is 14.5. The molecule has 204 valence electrons. The van der Waals surface area contributed by atoms with Crippen LogP contribution in [0.1, 0.15) is 23.5 Å². The summed E-state index contributed by atoms with van der Waals surface area (Å²) >= 11 is 0. The Labute approximate surface area is 246 Å². The van der Waals surface area contributed by atoms with Crippen LogP contribution < -0.4 is 20.4 Å². The van der Waals surface area contributed by atoms with Crippen LogP contribution in [-0.4, -0.2) is 14.1 Å². The molecule has 2 N–H and O–H groups in total. The van der Waals surface area contributed by atoms with Crippen LogP contribution in [0, 0.1) is 0 Å². The Morgan fingerprint density at radius 2 is 0.833 bits per heavy atom. The first-order valence-electron chi connectivity index (χ1n) is 14.5. The number of anilines is 4. The van der Waals surface area contributed by atoms with E-state index >= 15 is 0 Å². The van der Waals surface area contributed by atoms with Crippen LogP contribution in [-0.2, 0) is 0 Å². The highest BCUT2D eigenvalue weighted by Crippen LogP contribution is 2.41. The van der Waals surface area contributed by atoms with Crippen LogP contribution in [0.25, 0.3) is 33.0 Å². The van der Waals surface area contributed by atoms with E-state index in [4.69, 9.17) is 0 Å². The minimum absolute atomic E-state index is 0.141. The van der Waals surface area contributed by atoms with Crippen molar-refractivity contribution in [3.05, 3.63) is 145 Å². The second-order valence-corrected chi connectivity index (χ2v) is 11.4. The molecule has 2 aliphatic rings. The van der Waals surface area contributed by atoms with Crippen molar-refractivity contribution in [2.45, 2.75) is 12.3 Å². The first-order chi connectivity index (χ1) is 20.6. The Bertz CT molecular complexity index is 1790. The Morgan fingerprint density at radius 1 is 0.429 bits per heavy atom. The summed E-state index contributed by atoms with van der Waals surface area (Å²) in [6.45, 7) is 0. The van der Waals surface area contributed by atoms with Gasteiger partial charge in [0.2, 0.25) is 0 Å². The predicted molar refractivity (Wildman–Crippen MR) is 177 cm³/mol. The quantitative estimate of drug-likeness (QED) is 0.232. The maximum atomic E-state index is 3.65. The molecule has 0 fully saturated rings. The van der Waals surface area contributed by atoms with Crippen LogP contribution in [0.2, 0.25) is 0 Å². The fourth-order valence-corrected chi connectivity index (χ4v) is 6.51. The van der Waals surface area contributed by atoms with E-state index in [1.54, 1.807) is 0 Å². The van der Waals surface area contributed by atoms with E-state index in [0.717, 1.165) is 0 Å². The van der Waals surface area contributed by atoms with Crippen molar-refractivity contribution in [1.82, 2.24) is 0 Å². The maximum absolute atomic E-state index is 3.65. The van der Waals surface area contributed by atoms with Gasteiger partial charge < -0.3 is 20.4 Å². The molecule has 2 heterocycles. The highest BCUT2D eigenvalue weighted by molar-refractivity contribution is 5.91. The normalized spacial score (nSPS) is 17.1. The van der Waals surface area contributed by atoms with Gasteiger partial charge in [0, 0.05) is 14.1 Å². The number of nitrogens with zero attached hydrogens (tertiary/aromatic N) is 2. The molecule has 6 aromatic rings. The second kappa shape index (κ2) is 9.71. The SMILES string of the molecule is CN1c2ccccc2NC1c1ccc(-c2ccc3ccc(-c4ccc(C5Nc6ccccc6N5C)cc4)cc3c2)cc1. The topological polar surface area (TPSA) is 30.5 Å². The minimum Gasteiger partial charge on any atom is -0.360 e. The number of fused-ring (bicyclic) bond motifs is 3. The van der Waals surface area contributed by atoms with Crippen LogP contribution in [0.15, 0.2) is 133 Å². The van der Waals surface area contributed by atoms with Crippen molar-refractivity contribution < 1.29 is 0 Å². The third-order valence-electron chi connectivity index (χ3n) is 8.89. The van der Waals surface area contributed by atoms with Gasteiger partial charge >= 0.3 is 0 Å². The third kappa shape index (κ3) is 4.07. The smallest absolute Gasteiger partial charge is 0.125 e. The standard InChI is InChI=1S/C38H32N4/c1-41-35-9-5-3-7-33(35)39-37(41)28-17-11-25(12-18-28)30-21-15-27-16-22-31(24-32(27)23-30)26-13-19-29(20-14-26)38-40-34-8-4-6-10-36(34)42(38)2/h3-24,37-40H,1-2H3. The van der Waals surface area contributed by atoms with Crippen LogP contribution >= 0.6 is 0 Å². The van der Waals surface area contributed by atoms with Gasteiger partial charge in [-0.3, -0.25) is 0 Å². The predicted octanol–water partition coefficient (Wildman–Crippen LogP) is 9.29. The lowest BCUT2D eigenvalue weighted by Gasteiger charge is -2.22. The number of benzene rings is 6. The van der Waals surface area contributed by atoms with Gasteiger partial charge in [0.05, 0.1) is 22.7 Å². The minimum atomic E-state index is 0.141. The van der Waals surface area contributed by atoms with Crippen molar-refractivity contribution in [2.24, 2.45) is 0 Å². The number of hydrogen-bond donors (Lipinski definition) is 2. The molecule has 6 aromatic carbocycles. The highest BCUT2D eigenvalue weighted by atomic mass is 15.3. The van der Waals surface area contributed by atoms with Gasteiger partial charge in [-0.2, -0.15) is 0 Å². The molecule has 2 atom stereocenters. The molecule has 8 rings (SSSR count). The third-order valence-corrected chi connectivity index (χ3v) is 8.89. The van der Waals surface area contributed by atoms with Gasteiger partial charge in [0.15, 0.2) is 0 Å². The number of para-hydroxylation sites is 4. The van der Waals surface area contributed by atoms with Crippen molar-refractivity contribution in [2.75, 3.05) is 34.5 Å². The summed E-state index contributed by atoms with van der Waals surface area (Å²) in [5.41, 5.74) is 12.3. The molecule has 2 aliphatic heterocycles. The molecule has 0 aromatic heterocycles. The van der Waals surface area contributed by atoms with Crippen molar-refractivity contribution >= 4 is 33.5 Å². The van der Waals surface area contributed by atoms with E-state index in [1.807, 2.05) is 0 Å². The molecule has 0 amide bonds. The monoisotopic (exact) mass is 544 g/mol. The molecule has 0 spiro atoms.